The van der Waals surface area contributed by atoms with E-state index in [0.29, 0.717) is 4.90 Å². The van der Waals surface area contributed by atoms with Gasteiger partial charge in [-0.2, -0.15) is 0 Å². The summed E-state index contributed by atoms with van der Waals surface area (Å²) in [6.07, 6.45) is 3.08. The molecule has 0 aliphatic heterocycles. The van der Waals surface area contributed by atoms with E-state index in [4.69, 9.17) is 0 Å². The van der Waals surface area contributed by atoms with Crippen molar-refractivity contribution < 1.29 is 8.78 Å². The first-order valence-corrected chi connectivity index (χ1v) is 7.30. The van der Waals surface area contributed by atoms with Crippen LogP contribution in [-0.4, -0.2) is 9.97 Å². The van der Waals surface area contributed by atoms with E-state index in [1.807, 2.05) is 30.3 Å². The van der Waals surface area contributed by atoms with Crippen molar-refractivity contribution in [2.45, 2.75) is 9.79 Å². The van der Waals surface area contributed by atoms with Crippen LogP contribution in [0.3, 0.4) is 0 Å². The lowest BCUT2D eigenvalue weighted by molar-refractivity contribution is 0.580. The summed E-state index contributed by atoms with van der Waals surface area (Å²) < 4.78 is 27.7. The van der Waals surface area contributed by atoms with E-state index in [-0.39, 0.29) is 11.6 Å². The molecule has 0 saturated carbocycles. The van der Waals surface area contributed by atoms with Gasteiger partial charge in [-0.1, -0.05) is 30.0 Å². The molecule has 0 fully saturated rings. The minimum atomic E-state index is -0.689. The van der Waals surface area contributed by atoms with Crippen LogP contribution in [0.4, 0.5) is 20.4 Å². The summed E-state index contributed by atoms with van der Waals surface area (Å²) >= 11 is 1.26. The van der Waals surface area contributed by atoms with Gasteiger partial charge in [0.15, 0.2) is 5.82 Å². The number of nitrogens with zero attached hydrogens (tertiary/aromatic N) is 2. The van der Waals surface area contributed by atoms with Crippen molar-refractivity contribution in [2.75, 3.05) is 5.32 Å². The molecule has 0 bridgehead atoms. The molecule has 1 N–H and O–H groups in total. The Labute approximate surface area is 130 Å². The Morgan fingerprint density at radius 1 is 0.909 bits per heavy atom. The first-order chi connectivity index (χ1) is 10.7. The van der Waals surface area contributed by atoms with E-state index in [1.54, 1.807) is 18.5 Å². The van der Waals surface area contributed by atoms with Gasteiger partial charge in [0.05, 0.1) is 5.69 Å². The van der Waals surface area contributed by atoms with Crippen LogP contribution in [0, 0.1) is 11.6 Å². The van der Waals surface area contributed by atoms with E-state index in [2.05, 4.69) is 15.3 Å². The third kappa shape index (κ3) is 3.40. The molecule has 0 saturated heterocycles. The molecule has 0 radical (unpaired) electrons. The summed E-state index contributed by atoms with van der Waals surface area (Å²) in [5, 5.41) is 2.80. The number of rotatable bonds is 4. The Morgan fingerprint density at radius 2 is 1.64 bits per heavy atom. The summed E-state index contributed by atoms with van der Waals surface area (Å²) in [7, 11) is 0. The van der Waals surface area contributed by atoms with Crippen molar-refractivity contribution in [2.24, 2.45) is 0 Å². The summed E-state index contributed by atoms with van der Waals surface area (Å²) in [6, 6.07) is 13.1. The van der Waals surface area contributed by atoms with E-state index < -0.39 is 11.6 Å². The third-order valence-electron chi connectivity index (χ3n) is 2.79. The quantitative estimate of drug-likeness (QED) is 0.760. The van der Waals surface area contributed by atoms with Crippen molar-refractivity contribution in [3.63, 3.8) is 0 Å². The predicted octanol–water partition coefficient (Wildman–Crippen LogP) is 4.65. The van der Waals surface area contributed by atoms with Gasteiger partial charge in [-0.3, -0.25) is 0 Å². The van der Waals surface area contributed by atoms with Gasteiger partial charge in [0.25, 0.3) is 0 Å². The Kier molecular flexibility index (Phi) is 4.29. The number of hydrogen-bond donors (Lipinski definition) is 1. The van der Waals surface area contributed by atoms with E-state index in [1.165, 1.54) is 17.8 Å². The molecule has 0 aliphatic carbocycles. The van der Waals surface area contributed by atoms with Crippen molar-refractivity contribution in [1.82, 2.24) is 9.97 Å². The second-order valence-electron chi connectivity index (χ2n) is 4.37. The Bertz CT molecular complexity index is 767. The molecule has 2 aromatic carbocycles. The van der Waals surface area contributed by atoms with Gasteiger partial charge < -0.3 is 5.32 Å². The first kappa shape index (κ1) is 14.5. The van der Waals surface area contributed by atoms with Gasteiger partial charge in [-0.25, -0.2) is 18.7 Å². The normalized spacial score (nSPS) is 10.5. The molecule has 0 unspecified atom stereocenters. The maximum atomic E-state index is 14.1. The highest BCUT2D eigenvalue weighted by molar-refractivity contribution is 7.99. The number of benzene rings is 2. The fraction of sp³-hybridized carbons (Fsp3) is 0. The topological polar surface area (TPSA) is 37.8 Å². The molecule has 1 aromatic heterocycles. The smallest absolute Gasteiger partial charge is 0.227 e. The van der Waals surface area contributed by atoms with Crippen molar-refractivity contribution in [1.29, 1.82) is 0 Å². The molecule has 3 rings (SSSR count). The van der Waals surface area contributed by atoms with Crippen LogP contribution >= 0.6 is 11.8 Å². The fourth-order valence-corrected chi connectivity index (χ4v) is 2.81. The molecular formula is C16H11F2N3S. The average Bonchev–Trinajstić information content (AvgIpc) is 2.53. The zero-order chi connectivity index (χ0) is 15.4. The number of nitrogens with one attached hydrogen (secondary N) is 1. The molecular weight excluding hydrogens is 304 g/mol. The third-order valence-corrected chi connectivity index (χ3v) is 3.84. The van der Waals surface area contributed by atoms with Crippen LogP contribution < -0.4 is 5.32 Å². The average molecular weight is 315 g/mol. The zero-order valence-electron chi connectivity index (χ0n) is 11.3. The molecule has 0 amide bonds. The molecule has 110 valence electrons. The lowest BCUT2D eigenvalue weighted by atomic mass is 10.3. The second kappa shape index (κ2) is 6.53. The second-order valence-corrected chi connectivity index (χ2v) is 5.49. The van der Waals surface area contributed by atoms with Crippen LogP contribution in [-0.2, 0) is 0 Å². The van der Waals surface area contributed by atoms with Gasteiger partial charge >= 0.3 is 0 Å². The van der Waals surface area contributed by atoms with Crippen molar-refractivity contribution in [3.8, 4) is 0 Å². The highest BCUT2D eigenvalue weighted by atomic mass is 32.2. The predicted molar refractivity (Wildman–Crippen MR) is 82.2 cm³/mol. The van der Waals surface area contributed by atoms with Gasteiger partial charge in [0.1, 0.15) is 5.82 Å². The summed E-state index contributed by atoms with van der Waals surface area (Å²) in [6.45, 7) is 0. The molecule has 22 heavy (non-hydrogen) atoms. The van der Waals surface area contributed by atoms with Crippen molar-refractivity contribution in [3.05, 3.63) is 72.6 Å². The minimum absolute atomic E-state index is 0.154. The maximum Gasteiger partial charge on any atom is 0.227 e. The van der Waals surface area contributed by atoms with Gasteiger partial charge in [0.2, 0.25) is 5.95 Å². The standard InChI is InChI=1S/C16H11F2N3S/c17-11-9-13(18)15(21-16-19-7-4-8-20-16)14(10-11)22-12-5-2-1-3-6-12/h1-10H,(H,19,20,21). The summed E-state index contributed by atoms with van der Waals surface area (Å²) in [5.74, 6) is -1.07. The number of anilines is 2. The monoisotopic (exact) mass is 315 g/mol. The maximum absolute atomic E-state index is 14.1. The number of hydrogen-bond acceptors (Lipinski definition) is 4. The lowest BCUT2D eigenvalue weighted by Gasteiger charge is -2.12. The fourth-order valence-electron chi connectivity index (χ4n) is 1.84. The molecule has 0 atom stereocenters. The van der Waals surface area contributed by atoms with Gasteiger partial charge in [-0.15, -0.1) is 0 Å². The van der Waals surface area contributed by atoms with E-state index in [9.17, 15) is 8.78 Å². The van der Waals surface area contributed by atoms with Crippen LogP contribution in [0.1, 0.15) is 0 Å². The van der Waals surface area contributed by atoms with Crippen LogP contribution in [0.2, 0.25) is 0 Å². The molecule has 0 aliphatic rings. The summed E-state index contributed by atoms with van der Waals surface area (Å²) in [5.41, 5.74) is 0.154. The zero-order valence-corrected chi connectivity index (χ0v) is 12.1. The number of aromatic nitrogens is 2. The SMILES string of the molecule is Fc1cc(F)c(Nc2ncccn2)c(Sc2ccccc2)c1. The number of halogens is 2. The lowest BCUT2D eigenvalue weighted by Crippen LogP contribution is -2.00. The largest absolute Gasteiger partial charge is 0.321 e. The van der Waals surface area contributed by atoms with Crippen LogP contribution in [0.5, 0.6) is 0 Å². The Morgan fingerprint density at radius 3 is 2.36 bits per heavy atom. The molecule has 3 aromatic rings. The molecule has 6 heteroatoms. The molecule has 0 spiro atoms. The first-order valence-electron chi connectivity index (χ1n) is 6.48. The molecule has 1 heterocycles. The van der Waals surface area contributed by atoms with E-state index >= 15 is 0 Å². The Balaban J connectivity index is 1.97. The van der Waals surface area contributed by atoms with Crippen molar-refractivity contribution >= 4 is 23.4 Å². The van der Waals surface area contributed by atoms with E-state index in [0.717, 1.165) is 11.0 Å². The van der Waals surface area contributed by atoms with Crippen LogP contribution in [0.25, 0.3) is 0 Å². The highest BCUT2D eigenvalue weighted by Gasteiger charge is 2.14. The van der Waals surface area contributed by atoms with Gasteiger partial charge in [0, 0.05) is 28.3 Å². The highest BCUT2D eigenvalue weighted by Crippen LogP contribution is 2.36. The van der Waals surface area contributed by atoms with Crippen LogP contribution in [0.15, 0.2) is 70.7 Å². The Hall–Kier alpha value is -2.47. The molecule has 3 nitrogen and oxygen atoms in total. The van der Waals surface area contributed by atoms with Gasteiger partial charge in [-0.05, 0) is 24.3 Å². The minimum Gasteiger partial charge on any atom is -0.321 e. The summed E-state index contributed by atoms with van der Waals surface area (Å²) in [4.78, 5) is 9.29.